The average Bonchev–Trinajstić information content (AvgIpc) is 2.75. The Kier molecular flexibility index (Phi) is 7.54. The predicted molar refractivity (Wildman–Crippen MR) is 79.0 cm³/mol. The molecule has 0 fully saturated rings. The minimum absolute atomic E-state index is 0.772. The summed E-state index contributed by atoms with van der Waals surface area (Å²) in [6.45, 7) is 9.09. The van der Waals surface area contributed by atoms with E-state index in [1.54, 1.807) is 4.88 Å². The summed E-state index contributed by atoms with van der Waals surface area (Å²) in [6.07, 6.45) is 6.47. The first-order valence-electron chi connectivity index (χ1n) is 7.00. The zero-order valence-electron chi connectivity index (χ0n) is 11.6. The number of unbranched alkanes of at least 4 members (excludes halogenated alkanes) is 2. The van der Waals surface area contributed by atoms with Gasteiger partial charge in [-0.1, -0.05) is 27.2 Å². The Morgan fingerprint density at radius 2 is 1.88 bits per heavy atom. The molecule has 0 unspecified atom stereocenters. The van der Waals surface area contributed by atoms with E-state index in [2.05, 4.69) is 38.2 Å². The molecule has 0 aromatic carbocycles. The van der Waals surface area contributed by atoms with E-state index in [-0.39, 0.29) is 0 Å². The summed E-state index contributed by atoms with van der Waals surface area (Å²) in [6, 6.07) is 4.59. The number of hydrogen-bond acceptors (Lipinski definition) is 2. The van der Waals surface area contributed by atoms with Crippen LogP contribution in [0.5, 0.6) is 0 Å². The molecule has 1 aromatic rings. The fraction of sp³-hybridized carbons (Fsp3) is 0.733. The van der Waals surface area contributed by atoms with E-state index in [9.17, 15) is 0 Å². The van der Waals surface area contributed by atoms with Gasteiger partial charge in [-0.3, -0.25) is 0 Å². The molecular formula is C15H27NS. The molecule has 1 rings (SSSR count). The highest BCUT2D eigenvalue weighted by Gasteiger charge is 1.98. The van der Waals surface area contributed by atoms with Crippen LogP contribution in [0.2, 0.25) is 0 Å². The summed E-state index contributed by atoms with van der Waals surface area (Å²) in [7, 11) is 0. The number of aryl methyl sites for hydroxylation is 2. The van der Waals surface area contributed by atoms with E-state index in [4.69, 9.17) is 0 Å². The molecule has 1 heterocycles. The SMILES string of the molecule is CCc1ccc(CCCCCNCC(C)C)s1. The molecule has 1 nitrogen and oxygen atoms in total. The molecule has 0 radical (unpaired) electrons. The second-order valence-corrected chi connectivity index (χ2v) is 6.38. The van der Waals surface area contributed by atoms with Gasteiger partial charge in [0.05, 0.1) is 0 Å². The Labute approximate surface area is 111 Å². The van der Waals surface area contributed by atoms with Crippen LogP contribution in [0.1, 0.15) is 49.8 Å². The van der Waals surface area contributed by atoms with Crippen molar-refractivity contribution < 1.29 is 0 Å². The van der Waals surface area contributed by atoms with Crippen molar-refractivity contribution in [2.75, 3.05) is 13.1 Å². The van der Waals surface area contributed by atoms with E-state index >= 15 is 0 Å². The second-order valence-electron chi connectivity index (χ2n) is 5.13. The molecule has 0 spiro atoms. The third-order valence-electron chi connectivity index (χ3n) is 2.90. The lowest BCUT2D eigenvalue weighted by Gasteiger charge is -2.06. The first-order valence-corrected chi connectivity index (χ1v) is 7.82. The van der Waals surface area contributed by atoms with Gasteiger partial charge in [0.25, 0.3) is 0 Å². The molecule has 1 aromatic heterocycles. The number of hydrogen-bond donors (Lipinski definition) is 1. The summed E-state index contributed by atoms with van der Waals surface area (Å²) in [5.74, 6) is 0.772. The minimum Gasteiger partial charge on any atom is -0.316 e. The highest BCUT2D eigenvalue weighted by Crippen LogP contribution is 2.19. The number of rotatable bonds is 9. The zero-order valence-corrected chi connectivity index (χ0v) is 12.4. The molecule has 0 aliphatic carbocycles. The van der Waals surface area contributed by atoms with E-state index in [1.165, 1.54) is 43.5 Å². The van der Waals surface area contributed by atoms with Crippen LogP contribution >= 0.6 is 11.3 Å². The monoisotopic (exact) mass is 253 g/mol. The Morgan fingerprint density at radius 1 is 1.12 bits per heavy atom. The molecule has 0 aliphatic heterocycles. The van der Waals surface area contributed by atoms with Gasteiger partial charge >= 0.3 is 0 Å². The Balaban J connectivity index is 1.97. The molecule has 0 saturated carbocycles. The van der Waals surface area contributed by atoms with Crippen molar-refractivity contribution >= 4 is 11.3 Å². The van der Waals surface area contributed by atoms with Gasteiger partial charge in [0.1, 0.15) is 0 Å². The highest BCUT2D eigenvalue weighted by molar-refractivity contribution is 7.11. The van der Waals surface area contributed by atoms with Crippen LogP contribution in [0.4, 0.5) is 0 Å². The van der Waals surface area contributed by atoms with Crippen molar-refractivity contribution in [2.24, 2.45) is 5.92 Å². The molecule has 2 heteroatoms. The molecule has 0 saturated heterocycles. The van der Waals surface area contributed by atoms with Crippen molar-refractivity contribution in [3.05, 3.63) is 21.9 Å². The second kappa shape index (κ2) is 8.71. The van der Waals surface area contributed by atoms with E-state index < -0.39 is 0 Å². The third-order valence-corrected chi connectivity index (χ3v) is 4.18. The molecule has 1 N–H and O–H groups in total. The van der Waals surface area contributed by atoms with Crippen molar-refractivity contribution in [2.45, 2.75) is 52.9 Å². The van der Waals surface area contributed by atoms with Crippen molar-refractivity contribution in [1.82, 2.24) is 5.32 Å². The predicted octanol–water partition coefficient (Wildman–Crippen LogP) is 4.27. The molecule has 17 heavy (non-hydrogen) atoms. The third kappa shape index (κ3) is 6.85. The van der Waals surface area contributed by atoms with E-state index in [0.29, 0.717) is 0 Å². The van der Waals surface area contributed by atoms with Gasteiger partial charge in [-0.25, -0.2) is 0 Å². The number of nitrogens with one attached hydrogen (secondary N) is 1. The highest BCUT2D eigenvalue weighted by atomic mass is 32.1. The quantitative estimate of drug-likeness (QED) is 0.648. The van der Waals surface area contributed by atoms with Gasteiger partial charge in [0.2, 0.25) is 0 Å². The summed E-state index contributed by atoms with van der Waals surface area (Å²) >= 11 is 1.99. The lowest BCUT2D eigenvalue weighted by atomic mass is 10.1. The maximum Gasteiger partial charge on any atom is 0.00481 e. The Bertz CT molecular complexity index is 291. The Hall–Kier alpha value is -0.340. The average molecular weight is 253 g/mol. The summed E-state index contributed by atoms with van der Waals surface area (Å²) in [5.41, 5.74) is 0. The standard InChI is InChI=1S/C15H27NS/c1-4-14-9-10-15(17-14)8-6-5-7-11-16-12-13(2)3/h9-10,13,16H,4-8,11-12H2,1-3H3. The van der Waals surface area contributed by atoms with Gasteiger partial charge in [0.15, 0.2) is 0 Å². The van der Waals surface area contributed by atoms with Crippen LogP contribution in [0, 0.1) is 5.92 Å². The van der Waals surface area contributed by atoms with E-state index in [0.717, 1.165) is 12.5 Å². The lowest BCUT2D eigenvalue weighted by molar-refractivity contribution is 0.530. The maximum absolute atomic E-state index is 3.50. The van der Waals surface area contributed by atoms with Crippen molar-refractivity contribution in [1.29, 1.82) is 0 Å². The first kappa shape index (κ1) is 14.7. The summed E-state index contributed by atoms with van der Waals surface area (Å²) in [5, 5.41) is 3.50. The van der Waals surface area contributed by atoms with Gasteiger partial charge in [0, 0.05) is 9.75 Å². The van der Waals surface area contributed by atoms with Crippen LogP contribution in [-0.2, 0) is 12.8 Å². The zero-order chi connectivity index (χ0) is 12.5. The van der Waals surface area contributed by atoms with Crippen LogP contribution in [0.3, 0.4) is 0 Å². The molecule has 0 aliphatic rings. The molecule has 0 atom stereocenters. The van der Waals surface area contributed by atoms with Gasteiger partial charge in [-0.15, -0.1) is 11.3 Å². The van der Waals surface area contributed by atoms with Gasteiger partial charge in [-0.2, -0.15) is 0 Å². The molecular weight excluding hydrogens is 226 g/mol. The minimum atomic E-state index is 0.772. The molecule has 0 amide bonds. The summed E-state index contributed by atoms with van der Waals surface area (Å²) < 4.78 is 0. The normalized spacial score (nSPS) is 11.3. The van der Waals surface area contributed by atoms with Crippen LogP contribution < -0.4 is 5.32 Å². The van der Waals surface area contributed by atoms with Crippen LogP contribution in [-0.4, -0.2) is 13.1 Å². The van der Waals surface area contributed by atoms with Crippen LogP contribution in [0.15, 0.2) is 12.1 Å². The fourth-order valence-corrected chi connectivity index (χ4v) is 2.86. The Morgan fingerprint density at radius 3 is 2.53 bits per heavy atom. The molecule has 98 valence electrons. The fourth-order valence-electron chi connectivity index (χ4n) is 1.86. The first-order chi connectivity index (χ1) is 8.22. The maximum atomic E-state index is 3.50. The van der Waals surface area contributed by atoms with Crippen molar-refractivity contribution in [3.8, 4) is 0 Å². The topological polar surface area (TPSA) is 12.0 Å². The smallest absolute Gasteiger partial charge is 0.00481 e. The largest absolute Gasteiger partial charge is 0.316 e. The number of thiophene rings is 1. The molecule has 0 bridgehead atoms. The van der Waals surface area contributed by atoms with Crippen LogP contribution in [0.25, 0.3) is 0 Å². The van der Waals surface area contributed by atoms with Gasteiger partial charge < -0.3 is 5.32 Å². The summed E-state index contributed by atoms with van der Waals surface area (Å²) in [4.78, 5) is 3.09. The lowest BCUT2D eigenvalue weighted by Crippen LogP contribution is -2.20. The van der Waals surface area contributed by atoms with Crippen molar-refractivity contribution in [3.63, 3.8) is 0 Å². The van der Waals surface area contributed by atoms with E-state index in [1.807, 2.05) is 11.3 Å². The van der Waals surface area contributed by atoms with Gasteiger partial charge in [-0.05, 0) is 56.8 Å².